The van der Waals surface area contributed by atoms with Crippen LogP contribution in [0.25, 0.3) is 0 Å². The molecule has 0 spiro atoms. The number of carbonyl (C=O) groups is 1. The summed E-state index contributed by atoms with van der Waals surface area (Å²) >= 11 is 0. The highest BCUT2D eigenvalue weighted by atomic mass is 19.4. The molecule has 1 rings (SSSR count). The summed E-state index contributed by atoms with van der Waals surface area (Å²) in [6.07, 6.45) is -5.11. The summed E-state index contributed by atoms with van der Waals surface area (Å²) in [6.45, 7) is 2.91. The van der Waals surface area contributed by atoms with E-state index in [-0.39, 0.29) is 12.8 Å². The number of ether oxygens (including phenoxy) is 1. The normalized spacial score (nSPS) is 27.1. The molecule has 0 unspecified atom stereocenters. The second kappa shape index (κ2) is 3.66. The van der Waals surface area contributed by atoms with Gasteiger partial charge in [0, 0.05) is 0 Å². The maximum absolute atomic E-state index is 12.1. The Balaban J connectivity index is 2.33. The van der Waals surface area contributed by atoms with Crippen molar-refractivity contribution >= 4 is 5.97 Å². The molecule has 1 saturated carbocycles. The molecule has 3 nitrogen and oxygen atoms in total. The van der Waals surface area contributed by atoms with Crippen LogP contribution < -0.4 is 5.73 Å². The smallest absolute Gasteiger partial charge is 0.392 e. The van der Waals surface area contributed by atoms with E-state index in [0.29, 0.717) is 0 Å². The molecule has 0 bridgehead atoms. The molecule has 0 radical (unpaired) electrons. The third kappa shape index (κ3) is 3.09. The summed E-state index contributed by atoms with van der Waals surface area (Å²) < 4.78 is 41.1. The first-order chi connectivity index (χ1) is 6.60. The summed E-state index contributed by atoms with van der Waals surface area (Å²) in [5.41, 5.74) is 4.28. The number of alkyl halides is 3. The molecule has 15 heavy (non-hydrogen) atoms. The fourth-order valence-corrected chi connectivity index (χ4v) is 1.23. The Hall–Kier alpha value is -0.780. The molecule has 1 aliphatic rings. The van der Waals surface area contributed by atoms with E-state index < -0.39 is 29.7 Å². The van der Waals surface area contributed by atoms with Gasteiger partial charge in [-0.25, -0.2) is 0 Å². The second-order valence-electron chi connectivity index (χ2n) is 4.46. The van der Waals surface area contributed by atoms with Gasteiger partial charge in [-0.2, -0.15) is 13.2 Å². The quantitative estimate of drug-likeness (QED) is 0.726. The van der Waals surface area contributed by atoms with E-state index in [9.17, 15) is 18.0 Å². The highest BCUT2D eigenvalue weighted by Crippen LogP contribution is 2.42. The monoisotopic (exact) mass is 225 g/mol. The molecule has 1 fully saturated rings. The van der Waals surface area contributed by atoms with E-state index in [1.165, 1.54) is 13.8 Å². The summed E-state index contributed by atoms with van der Waals surface area (Å²) in [7, 11) is 0. The summed E-state index contributed by atoms with van der Waals surface area (Å²) in [5.74, 6) is -2.00. The van der Waals surface area contributed by atoms with Crippen LogP contribution in [0.3, 0.4) is 0 Å². The first-order valence-electron chi connectivity index (χ1n) is 4.67. The molecule has 0 atom stereocenters. The molecule has 88 valence electrons. The van der Waals surface area contributed by atoms with Crippen molar-refractivity contribution in [2.75, 3.05) is 0 Å². The fraction of sp³-hybridized carbons (Fsp3) is 0.889. The topological polar surface area (TPSA) is 52.3 Å². The molecular formula is C9H14F3NO2. The van der Waals surface area contributed by atoms with Gasteiger partial charge in [0.25, 0.3) is 0 Å². The molecule has 0 saturated heterocycles. The number of hydrogen-bond acceptors (Lipinski definition) is 3. The first kappa shape index (κ1) is 12.3. The van der Waals surface area contributed by atoms with E-state index in [1.807, 2.05) is 0 Å². The van der Waals surface area contributed by atoms with Crippen LogP contribution in [-0.2, 0) is 9.53 Å². The van der Waals surface area contributed by atoms with Gasteiger partial charge in [0.1, 0.15) is 11.6 Å². The van der Waals surface area contributed by atoms with E-state index >= 15 is 0 Å². The van der Waals surface area contributed by atoms with E-state index in [0.717, 1.165) is 0 Å². The van der Waals surface area contributed by atoms with E-state index in [1.54, 1.807) is 0 Å². The van der Waals surface area contributed by atoms with Crippen molar-refractivity contribution < 1.29 is 22.7 Å². The molecule has 0 heterocycles. The lowest BCUT2D eigenvalue weighted by Crippen LogP contribution is -2.48. The molecule has 0 aromatic heterocycles. The Kier molecular flexibility index (Phi) is 3.00. The zero-order valence-corrected chi connectivity index (χ0v) is 8.60. The highest BCUT2D eigenvalue weighted by Gasteiger charge is 2.49. The van der Waals surface area contributed by atoms with Crippen molar-refractivity contribution in [1.82, 2.24) is 0 Å². The standard InChI is InChI=1S/C9H14F3NO2/c1-8(2,13)7(14)15-6-3-5(4-6)9(10,11)12/h5-6H,3-4,13H2,1-2H3. The van der Waals surface area contributed by atoms with Crippen molar-refractivity contribution in [3.63, 3.8) is 0 Å². The Labute approximate surface area is 85.8 Å². The number of esters is 1. The van der Waals surface area contributed by atoms with Gasteiger partial charge in [-0.05, 0) is 26.7 Å². The minimum atomic E-state index is -4.18. The molecule has 2 N–H and O–H groups in total. The van der Waals surface area contributed by atoms with Crippen LogP contribution in [0, 0.1) is 5.92 Å². The molecule has 6 heteroatoms. The molecule has 0 aromatic carbocycles. The molecule has 1 aliphatic carbocycles. The predicted octanol–water partition coefficient (Wildman–Crippen LogP) is 1.61. The van der Waals surface area contributed by atoms with Gasteiger partial charge < -0.3 is 10.5 Å². The van der Waals surface area contributed by atoms with Gasteiger partial charge in [-0.15, -0.1) is 0 Å². The third-order valence-corrected chi connectivity index (χ3v) is 2.36. The average Bonchev–Trinajstić information content (AvgIpc) is 1.90. The van der Waals surface area contributed by atoms with Crippen LogP contribution in [0.1, 0.15) is 26.7 Å². The number of hydrogen-bond donors (Lipinski definition) is 1. The Morgan fingerprint density at radius 2 is 1.80 bits per heavy atom. The second-order valence-corrected chi connectivity index (χ2v) is 4.46. The Bertz CT molecular complexity index is 251. The lowest BCUT2D eigenvalue weighted by Gasteiger charge is -2.36. The summed E-state index contributed by atoms with van der Waals surface area (Å²) in [6, 6.07) is 0. The lowest BCUT2D eigenvalue weighted by molar-refractivity contribution is -0.221. The molecular weight excluding hydrogens is 211 g/mol. The lowest BCUT2D eigenvalue weighted by atomic mass is 9.81. The Morgan fingerprint density at radius 1 is 1.33 bits per heavy atom. The molecule has 0 amide bonds. The van der Waals surface area contributed by atoms with Crippen molar-refractivity contribution in [1.29, 1.82) is 0 Å². The van der Waals surface area contributed by atoms with Crippen molar-refractivity contribution in [3.8, 4) is 0 Å². The SMILES string of the molecule is CC(C)(N)C(=O)OC1CC(C(F)(F)F)C1. The van der Waals surface area contributed by atoms with Crippen LogP contribution in [0.2, 0.25) is 0 Å². The van der Waals surface area contributed by atoms with E-state index in [4.69, 9.17) is 10.5 Å². The summed E-state index contributed by atoms with van der Waals surface area (Å²) in [4.78, 5) is 11.2. The number of carbonyl (C=O) groups excluding carboxylic acids is 1. The van der Waals surface area contributed by atoms with E-state index in [2.05, 4.69) is 0 Å². The summed E-state index contributed by atoms with van der Waals surface area (Å²) in [5, 5.41) is 0. The van der Waals surface area contributed by atoms with Crippen LogP contribution >= 0.6 is 0 Å². The van der Waals surface area contributed by atoms with Gasteiger partial charge in [-0.1, -0.05) is 0 Å². The van der Waals surface area contributed by atoms with Gasteiger partial charge in [0.15, 0.2) is 0 Å². The largest absolute Gasteiger partial charge is 0.461 e. The van der Waals surface area contributed by atoms with Crippen molar-refractivity contribution in [2.24, 2.45) is 11.7 Å². The van der Waals surface area contributed by atoms with Crippen LogP contribution in [0.5, 0.6) is 0 Å². The Morgan fingerprint density at radius 3 is 2.13 bits per heavy atom. The maximum atomic E-state index is 12.1. The van der Waals surface area contributed by atoms with Crippen molar-refractivity contribution in [2.45, 2.75) is 44.5 Å². The van der Waals surface area contributed by atoms with Gasteiger partial charge in [0.2, 0.25) is 0 Å². The van der Waals surface area contributed by atoms with Gasteiger partial charge >= 0.3 is 12.1 Å². The third-order valence-electron chi connectivity index (χ3n) is 2.36. The van der Waals surface area contributed by atoms with Gasteiger partial charge in [0.05, 0.1) is 5.92 Å². The van der Waals surface area contributed by atoms with Crippen LogP contribution in [0.15, 0.2) is 0 Å². The zero-order chi connectivity index (χ0) is 11.9. The average molecular weight is 225 g/mol. The minimum Gasteiger partial charge on any atom is -0.461 e. The highest BCUT2D eigenvalue weighted by molar-refractivity contribution is 5.79. The van der Waals surface area contributed by atoms with Gasteiger partial charge in [-0.3, -0.25) is 4.79 Å². The molecule has 0 aliphatic heterocycles. The number of halogens is 3. The molecule has 0 aromatic rings. The van der Waals surface area contributed by atoms with Crippen LogP contribution in [-0.4, -0.2) is 23.8 Å². The first-order valence-corrected chi connectivity index (χ1v) is 4.67. The minimum absolute atomic E-state index is 0.147. The number of rotatable bonds is 2. The zero-order valence-electron chi connectivity index (χ0n) is 8.60. The predicted molar refractivity (Wildman–Crippen MR) is 46.9 cm³/mol. The number of nitrogens with two attached hydrogens (primary N) is 1. The van der Waals surface area contributed by atoms with Crippen LogP contribution in [0.4, 0.5) is 13.2 Å². The maximum Gasteiger partial charge on any atom is 0.392 e. The fourth-order valence-electron chi connectivity index (χ4n) is 1.23. The van der Waals surface area contributed by atoms with Crippen molar-refractivity contribution in [3.05, 3.63) is 0 Å².